The zero-order chi connectivity index (χ0) is 13.2. The van der Waals surface area contributed by atoms with Crippen LogP contribution in [0, 0.1) is 6.92 Å². The number of carboxylic acids is 1. The molecule has 98 valence electrons. The predicted molar refractivity (Wildman–Crippen MR) is 65.8 cm³/mol. The molecule has 0 bridgehead atoms. The molecule has 0 amide bonds. The van der Waals surface area contributed by atoms with Crippen LogP contribution >= 0.6 is 0 Å². The number of aromatic carboxylic acids is 1. The number of aryl methyl sites for hydroxylation is 1. The van der Waals surface area contributed by atoms with Crippen molar-refractivity contribution in [1.82, 2.24) is 9.97 Å². The third-order valence-corrected chi connectivity index (χ3v) is 3.07. The number of rotatable bonds is 4. The summed E-state index contributed by atoms with van der Waals surface area (Å²) in [6, 6.07) is 0. The molecule has 1 aromatic heterocycles. The SMILES string of the molecule is Cc1ncc(C(=O)O)c(NCC2(C)CCCO2)n1. The van der Waals surface area contributed by atoms with Crippen LogP contribution in [0.1, 0.15) is 35.9 Å². The normalized spacial score (nSPS) is 23.0. The van der Waals surface area contributed by atoms with Gasteiger partial charge in [-0.2, -0.15) is 0 Å². The lowest BCUT2D eigenvalue weighted by Crippen LogP contribution is -2.33. The van der Waals surface area contributed by atoms with E-state index in [1.54, 1.807) is 6.92 Å². The van der Waals surface area contributed by atoms with Crippen LogP contribution in [0.5, 0.6) is 0 Å². The third kappa shape index (κ3) is 2.76. The molecule has 6 nitrogen and oxygen atoms in total. The number of ether oxygens (including phenoxy) is 1. The molecule has 0 saturated carbocycles. The van der Waals surface area contributed by atoms with Crippen molar-refractivity contribution >= 4 is 11.8 Å². The Balaban J connectivity index is 2.12. The van der Waals surface area contributed by atoms with Crippen molar-refractivity contribution in [3.05, 3.63) is 17.6 Å². The van der Waals surface area contributed by atoms with E-state index in [0.29, 0.717) is 18.2 Å². The van der Waals surface area contributed by atoms with Crippen LogP contribution in [0.25, 0.3) is 0 Å². The Hall–Kier alpha value is -1.69. The maximum atomic E-state index is 11.1. The molecule has 0 spiro atoms. The fraction of sp³-hybridized carbons (Fsp3) is 0.583. The van der Waals surface area contributed by atoms with E-state index in [-0.39, 0.29) is 11.2 Å². The summed E-state index contributed by atoms with van der Waals surface area (Å²) in [4.78, 5) is 19.1. The van der Waals surface area contributed by atoms with Crippen molar-refractivity contribution in [3.8, 4) is 0 Å². The Bertz CT molecular complexity index is 456. The smallest absolute Gasteiger partial charge is 0.341 e. The van der Waals surface area contributed by atoms with Crippen molar-refractivity contribution in [2.45, 2.75) is 32.3 Å². The number of nitrogens with one attached hydrogen (secondary N) is 1. The van der Waals surface area contributed by atoms with Gasteiger partial charge in [-0.3, -0.25) is 0 Å². The summed E-state index contributed by atoms with van der Waals surface area (Å²) in [5.41, 5.74) is -0.156. The fourth-order valence-corrected chi connectivity index (χ4v) is 2.01. The van der Waals surface area contributed by atoms with Gasteiger partial charge in [-0.15, -0.1) is 0 Å². The molecular formula is C12H17N3O3. The number of carboxylic acid groups (broad SMARTS) is 1. The highest BCUT2D eigenvalue weighted by Gasteiger charge is 2.30. The molecular weight excluding hydrogens is 234 g/mol. The minimum absolute atomic E-state index is 0.0854. The molecule has 1 atom stereocenters. The summed E-state index contributed by atoms with van der Waals surface area (Å²) < 4.78 is 5.64. The van der Waals surface area contributed by atoms with E-state index in [0.717, 1.165) is 19.4 Å². The van der Waals surface area contributed by atoms with Crippen LogP contribution in [0.15, 0.2) is 6.20 Å². The second-order valence-electron chi connectivity index (χ2n) is 4.74. The summed E-state index contributed by atoms with van der Waals surface area (Å²) in [5, 5.41) is 12.1. The Morgan fingerprint density at radius 2 is 2.44 bits per heavy atom. The number of aromatic nitrogens is 2. The van der Waals surface area contributed by atoms with Gasteiger partial charge >= 0.3 is 5.97 Å². The number of hydrogen-bond donors (Lipinski definition) is 2. The Morgan fingerprint density at radius 3 is 3.06 bits per heavy atom. The molecule has 1 fully saturated rings. The molecule has 1 saturated heterocycles. The quantitative estimate of drug-likeness (QED) is 0.842. The van der Waals surface area contributed by atoms with Gasteiger partial charge in [0, 0.05) is 19.3 Å². The van der Waals surface area contributed by atoms with Crippen molar-refractivity contribution < 1.29 is 14.6 Å². The molecule has 2 N–H and O–H groups in total. The van der Waals surface area contributed by atoms with Gasteiger partial charge in [0.2, 0.25) is 0 Å². The van der Waals surface area contributed by atoms with Crippen LogP contribution in [0.4, 0.5) is 5.82 Å². The van der Waals surface area contributed by atoms with E-state index in [9.17, 15) is 4.79 Å². The Labute approximate surface area is 105 Å². The zero-order valence-electron chi connectivity index (χ0n) is 10.6. The minimum atomic E-state index is -1.03. The van der Waals surface area contributed by atoms with Gasteiger partial charge in [0.15, 0.2) is 0 Å². The summed E-state index contributed by atoms with van der Waals surface area (Å²) in [5.74, 6) is -0.137. The fourth-order valence-electron chi connectivity index (χ4n) is 2.01. The lowest BCUT2D eigenvalue weighted by atomic mass is 10.0. The van der Waals surface area contributed by atoms with Crippen LogP contribution in [-0.4, -0.2) is 39.8 Å². The second-order valence-corrected chi connectivity index (χ2v) is 4.74. The average molecular weight is 251 g/mol. The highest BCUT2D eigenvalue weighted by Crippen LogP contribution is 2.25. The first kappa shape index (κ1) is 12.8. The zero-order valence-corrected chi connectivity index (χ0v) is 10.6. The molecule has 1 unspecified atom stereocenters. The van der Waals surface area contributed by atoms with Crippen molar-refractivity contribution in [2.75, 3.05) is 18.5 Å². The summed E-state index contributed by atoms with van der Waals surface area (Å²) >= 11 is 0. The van der Waals surface area contributed by atoms with Crippen LogP contribution in [-0.2, 0) is 4.74 Å². The largest absolute Gasteiger partial charge is 0.477 e. The summed E-state index contributed by atoms with van der Waals surface area (Å²) in [6.45, 7) is 5.04. The maximum Gasteiger partial charge on any atom is 0.341 e. The monoisotopic (exact) mass is 251 g/mol. The number of nitrogens with zero attached hydrogens (tertiary/aromatic N) is 2. The van der Waals surface area contributed by atoms with Gasteiger partial charge in [0.1, 0.15) is 17.2 Å². The molecule has 1 aliphatic heterocycles. The van der Waals surface area contributed by atoms with E-state index < -0.39 is 5.97 Å². The number of anilines is 1. The van der Waals surface area contributed by atoms with Gasteiger partial charge < -0.3 is 15.2 Å². The van der Waals surface area contributed by atoms with Crippen molar-refractivity contribution in [3.63, 3.8) is 0 Å². The summed E-state index contributed by atoms with van der Waals surface area (Å²) in [7, 11) is 0. The van der Waals surface area contributed by atoms with E-state index in [1.807, 2.05) is 6.92 Å². The lowest BCUT2D eigenvalue weighted by Gasteiger charge is -2.24. The van der Waals surface area contributed by atoms with Crippen LogP contribution < -0.4 is 5.32 Å². The second kappa shape index (κ2) is 4.89. The van der Waals surface area contributed by atoms with E-state index in [1.165, 1.54) is 6.20 Å². The molecule has 2 heterocycles. The van der Waals surface area contributed by atoms with Gasteiger partial charge in [-0.05, 0) is 26.7 Å². The van der Waals surface area contributed by atoms with Gasteiger partial charge in [0.25, 0.3) is 0 Å². The lowest BCUT2D eigenvalue weighted by molar-refractivity contribution is 0.0314. The Morgan fingerprint density at radius 1 is 1.67 bits per heavy atom. The van der Waals surface area contributed by atoms with Crippen LogP contribution in [0.3, 0.4) is 0 Å². The topological polar surface area (TPSA) is 84.3 Å². The molecule has 0 radical (unpaired) electrons. The van der Waals surface area contributed by atoms with Gasteiger partial charge in [0.05, 0.1) is 5.60 Å². The van der Waals surface area contributed by atoms with E-state index in [4.69, 9.17) is 9.84 Å². The average Bonchev–Trinajstić information content (AvgIpc) is 2.74. The first-order chi connectivity index (χ1) is 8.50. The van der Waals surface area contributed by atoms with Crippen molar-refractivity contribution in [2.24, 2.45) is 0 Å². The Kier molecular flexibility index (Phi) is 3.47. The maximum absolute atomic E-state index is 11.1. The van der Waals surface area contributed by atoms with E-state index >= 15 is 0 Å². The third-order valence-electron chi connectivity index (χ3n) is 3.07. The molecule has 18 heavy (non-hydrogen) atoms. The van der Waals surface area contributed by atoms with Crippen LogP contribution in [0.2, 0.25) is 0 Å². The first-order valence-corrected chi connectivity index (χ1v) is 5.95. The summed E-state index contributed by atoms with van der Waals surface area (Å²) in [6.07, 6.45) is 3.32. The van der Waals surface area contributed by atoms with Gasteiger partial charge in [-0.25, -0.2) is 14.8 Å². The highest BCUT2D eigenvalue weighted by atomic mass is 16.5. The molecule has 6 heteroatoms. The molecule has 0 aliphatic carbocycles. The van der Waals surface area contributed by atoms with E-state index in [2.05, 4.69) is 15.3 Å². The minimum Gasteiger partial charge on any atom is -0.477 e. The molecule has 1 aromatic rings. The molecule has 2 rings (SSSR count). The number of hydrogen-bond acceptors (Lipinski definition) is 5. The van der Waals surface area contributed by atoms with Crippen molar-refractivity contribution in [1.29, 1.82) is 0 Å². The first-order valence-electron chi connectivity index (χ1n) is 5.95. The standard InChI is InChI=1S/C12H17N3O3/c1-8-13-6-9(11(16)17)10(15-8)14-7-12(2)4-3-5-18-12/h6H,3-5,7H2,1-2H3,(H,16,17)(H,13,14,15). The molecule has 0 aromatic carbocycles. The highest BCUT2D eigenvalue weighted by molar-refractivity contribution is 5.92. The van der Waals surface area contributed by atoms with Gasteiger partial charge in [-0.1, -0.05) is 0 Å². The molecule has 1 aliphatic rings. The predicted octanol–water partition coefficient (Wildman–Crippen LogP) is 1.46. The number of carbonyl (C=O) groups is 1.